The molecule has 1 N–H and O–H groups in total. The van der Waals surface area contributed by atoms with Crippen molar-refractivity contribution in [1.82, 2.24) is 10.1 Å². The van der Waals surface area contributed by atoms with Gasteiger partial charge in [-0.3, -0.25) is 4.79 Å². The smallest absolute Gasteiger partial charge is 0.303 e. The molecular formula is C14H15BrN2O3. The summed E-state index contributed by atoms with van der Waals surface area (Å²) < 4.78 is 6.11. The minimum absolute atomic E-state index is 0.171. The Morgan fingerprint density at radius 2 is 2.20 bits per heavy atom. The molecule has 1 aromatic heterocycles. The van der Waals surface area contributed by atoms with Crippen LogP contribution in [0.4, 0.5) is 0 Å². The van der Waals surface area contributed by atoms with Crippen LogP contribution in [-0.4, -0.2) is 21.2 Å². The van der Waals surface area contributed by atoms with Gasteiger partial charge in [-0.05, 0) is 37.5 Å². The van der Waals surface area contributed by atoms with Crippen molar-refractivity contribution in [1.29, 1.82) is 0 Å². The minimum Gasteiger partial charge on any atom is -0.481 e. The number of aryl methyl sites for hydroxylation is 2. The van der Waals surface area contributed by atoms with E-state index in [9.17, 15) is 4.79 Å². The Hall–Kier alpha value is -1.69. The topological polar surface area (TPSA) is 76.2 Å². The van der Waals surface area contributed by atoms with Crippen molar-refractivity contribution in [2.24, 2.45) is 0 Å². The van der Waals surface area contributed by atoms with Crippen molar-refractivity contribution < 1.29 is 14.4 Å². The van der Waals surface area contributed by atoms with E-state index in [0.717, 1.165) is 22.0 Å². The molecule has 6 heteroatoms. The Labute approximate surface area is 125 Å². The van der Waals surface area contributed by atoms with Gasteiger partial charge in [0.05, 0.1) is 0 Å². The Kier molecular flexibility index (Phi) is 4.89. The van der Waals surface area contributed by atoms with Gasteiger partial charge in [-0.25, -0.2) is 0 Å². The number of aromatic nitrogens is 2. The van der Waals surface area contributed by atoms with Crippen LogP contribution in [-0.2, 0) is 11.2 Å². The van der Waals surface area contributed by atoms with E-state index < -0.39 is 5.97 Å². The molecule has 5 nitrogen and oxygen atoms in total. The summed E-state index contributed by atoms with van der Waals surface area (Å²) in [6.45, 7) is 2.01. The van der Waals surface area contributed by atoms with Crippen LogP contribution < -0.4 is 0 Å². The van der Waals surface area contributed by atoms with Gasteiger partial charge in [0.25, 0.3) is 0 Å². The molecule has 0 unspecified atom stereocenters. The molecule has 0 amide bonds. The van der Waals surface area contributed by atoms with Gasteiger partial charge >= 0.3 is 5.97 Å². The van der Waals surface area contributed by atoms with Crippen LogP contribution in [0.5, 0.6) is 0 Å². The molecule has 20 heavy (non-hydrogen) atoms. The van der Waals surface area contributed by atoms with Gasteiger partial charge in [-0.15, -0.1) is 0 Å². The molecule has 0 radical (unpaired) electrons. The van der Waals surface area contributed by atoms with E-state index in [1.54, 1.807) is 0 Å². The average Bonchev–Trinajstić information content (AvgIpc) is 2.83. The van der Waals surface area contributed by atoms with Gasteiger partial charge in [-0.1, -0.05) is 27.2 Å². The molecule has 0 saturated carbocycles. The van der Waals surface area contributed by atoms with E-state index >= 15 is 0 Å². The third-order valence-electron chi connectivity index (χ3n) is 2.86. The second kappa shape index (κ2) is 6.65. The monoisotopic (exact) mass is 338 g/mol. The highest BCUT2D eigenvalue weighted by Crippen LogP contribution is 2.27. The fraction of sp³-hybridized carbons (Fsp3) is 0.357. The zero-order chi connectivity index (χ0) is 14.5. The molecule has 0 atom stereocenters. The van der Waals surface area contributed by atoms with E-state index in [-0.39, 0.29) is 6.42 Å². The first-order valence-corrected chi connectivity index (χ1v) is 7.16. The number of hydrogen-bond acceptors (Lipinski definition) is 4. The van der Waals surface area contributed by atoms with Crippen molar-refractivity contribution in [3.8, 4) is 11.4 Å². The van der Waals surface area contributed by atoms with Crippen molar-refractivity contribution >= 4 is 21.9 Å². The molecule has 1 aromatic carbocycles. The molecule has 0 spiro atoms. The number of nitrogens with zero attached hydrogens (tertiary/aromatic N) is 2. The standard InChI is InChI=1S/C14H15BrN2O3/c1-9-6-7-10(11(15)8-9)14-16-12(20-17-14)4-2-3-5-13(18)19/h6-8H,2-5H2,1H3,(H,18,19). The van der Waals surface area contributed by atoms with Gasteiger partial charge in [0.15, 0.2) is 0 Å². The summed E-state index contributed by atoms with van der Waals surface area (Å²) in [5.41, 5.74) is 2.04. The molecule has 2 aromatic rings. The van der Waals surface area contributed by atoms with Gasteiger partial charge in [-0.2, -0.15) is 4.98 Å². The van der Waals surface area contributed by atoms with Crippen molar-refractivity contribution in [2.45, 2.75) is 32.6 Å². The summed E-state index contributed by atoms with van der Waals surface area (Å²) in [5, 5.41) is 12.5. The maximum atomic E-state index is 10.4. The Morgan fingerprint density at radius 3 is 2.90 bits per heavy atom. The number of carboxylic acids is 1. The first-order valence-electron chi connectivity index (χ1n) is 6.37. The summed E-state index contributed by atoms with van der Waals surface area (Å²) in [6, 6.07) is 5.93. The maximum absolute atomic E-state index is 10.4. The summed E-state index contributed by atoms with van der Waals surface area (Å²) in [5.74, 6) is 0.308. The van der Waals surface area contributed by atoms with E-state index in [2.05, 4.69) is 26.1 Å². The highest BCUT2D eigenvalue weighted by molar-refractivity contribution is 9.10. The number of carbonyl (C=O) groups is 1. The van der Waals surface area contributed by atoms with E-state index in [1.165, 1.54) is 0 Å². The molecule has 0 bridgehead atoms. The zero-order valence-corrected chi connectivity index (χ0v) is 12.7. The minimum atomic E-state index is -0.778. The fourth-order valence-electron chi connectivity index (χ4n) is 1.82. The van der Waals surface area contributed by atoms with Crippen molar-refractivity contribution in [3.05, 3.63) is 34.1 Å². The Bertz CT molecular complexity index is 610. The molecule has 0 aliphatic heterocycles. The summed E-state index contributed by atoms with van der Waals surface area (Å²) >= 11 is 3.49. The first-order chi connectivity index (χ1) is 9.56. The molecular weight excluding hydrogens is 324 g/mol. The Balaban J connectivity index is 1.99. The van der Waals surface area contributed by atoms with Gasteiger partial charge < -0.3 is 9.63 Å². The largest absolute Gasteiger partial charge is 0.481 e. The van der Waals surface area contributed by atoms with E-state index in [4.69, 9.17) is 9.63 Å². The SMILES string of the molecule is Cc1ccc(-c2noc(CCCCC(=O)O)n2)c(Br)c1. The lowest BCUT2D eigenvalue weighted by Gasteiger charge is -1.99. The summed E-state index contributed by atoms with van der Waals surface area (Å²) in [6.07, 6.45) is 2.11. The second-order valence-electron chi connectivity index (χ2n) is 4.60. The molecule has 2 rings (SSSR count). The van der Waals surface area contributed by atoms with E-state index in [1.807, 2.05) is 25.1 Å². The number of unbranched alkanes of at least 4 members (excludes halogenated alkanes) is 1. The number of hydrogen-bond donors (Lipinski definition) is 1. The molecule has 0 aliphatic rings. The highest BCUT2D eigenvalue weighted by atomic mass is 79.9. The maximum Gasteiger partial charge on any atom is 0.303 e. The fourth-order valence-corrected chi connectivity index (χ4v) is 2.49. The van der Waals surface area contributed by atoms with E-state index in [0.29, 0.717) is 24.6 Å². The lowest BCUT2D eigenvalue weighted by Crippen LogP contribution is -1.95. The number of aliphatic carboxylic acids is 1. The lowest BCUT2D eigenvalue weighted by molar-refractivity contribution is -0.137. The van der Waals surface area contributed by atoms with Crippen LogP contribution >= 0.6 is 15.9 Å². The predicted octanol–water partition coefficient (Wildman–Crippen LogP) is 3.60. The van der Waals surface area contributed by atoms with Crippen LogP contribution in [0.15, 0.2) is 27.2 Å². The highest BCUT2D eigenvalue weighted by Gasteiger charge is 2.11. The molecule has 1 heterocycles. The number of halogens is 1. The molecule has 0 fully saturated rings. The lowest BCUT2D eigenvalue weighted by atomic mass is 10.1. The van der Waals surface area contributed by atoms with Crippen molar-refractivity contribution in [3.63, 3.8) is 0 Å². The number of carboxylic acid groups (broad SMARTS) is 1. The first kappa shape index (κ1) is 14.7. The van der Waals surface area contributed by atoms with Gasteiger partial charge in [0.2, 0.25) is 11.7 Å². The normalized spacial score (nSPS) is 10.7. The molecule has 106 valence electrons. The quantitative estimate of drug-likeness (QED) is 0.814. The Morgan fingerprint density at radius 1 is 1.40 bits per heavy atom. The second-order valence-corrected chi connectivity index (χ2v) is 5.45. The number of rotatable bonds is 6. The van der Waals surface area contributed by atoms with Crippen LogP contribution in [0, 0.1) is 6.92 Å². The van der Waals surface area contributed by atoms with Crippen LogP contribution in [0.3, 0.4) is 0 Å². The average molecular weight is 339 g/mol. The van der Waals surface area contributed by atoms with Crippen LogP contribution in [0.1, 0.15) is 30.7 Å². The zero-order valence-electron chi connectivity index (χ0n) is 11.1. The van der Waals surface area contributed by atoms with Crippen LogP contribution in [0.25, 0.3) is 11.4 Å². The predicted molar refractivity (Wildman–Crippen MR) is 77.4 cm³/mol. The van der Waals surface area contributed by atoms with Gasteiger partial charge in [0.1, 0.15) is 0 Å². The summed E-state index contributed by atoms with van der Waals surface area (Å²) in [4.78, 5) is 14.7. The molecule has 0 saturated heterocycles. The van der Waals surface area contributed by atoms with Crippen LogP contribution in [0.2, 0.25) is 0 Å². The molecule has 0 aliphatic carbocycles. The summed E-state index contributed by atoms with van der Waals surface area (Å²) in [7, 11) is 0. The third-order valence-corrected chi connectivity index (χ3v) is 3.52. The third kappa shape index (κ3) is 3.90. The van der Waals surface area contributed by atoms with Gasteiger partial charge in [0, 0.05) is 22.9 Å². The van der Waals surface area contributed by atoms with Crippen molar-refractivity contribution in [2.75, 3.05) is 0 Å². The number of benzene rings is 1.